The molecule has 1 aromatic carbocycles. The normalized spacial score (nSPS) is 23.0. The lowest BCUT2D eigenvalue weighted by molar-refractivity contribution is 0.0595. The molecule has 1 heterocycles. The molecule has 2 unspecified atom stereocenters. The van der Waals surface area contributed by atoms with Gasteiger partial charge in [-0.1, -0.05) is 13.0 Å². The summed E-state index contributed by atoms with van der Waals surface area (Å²) in [5.41, 5.74) is 0.820. The number of halogens is 1. The van der Waals surface area contributed by atoms with Gasteiger partial charge in [-0.05, 0) is 43.6 Å². The highest BCUT2D eigenvalue weighted by Crippen LogP contribution is 2.17. The lowest BCUT2D eigenvalue weighted by atomic mass is 9.94. The van der Waals surface area contributed by atoms with Gasteiger partial charge >= 0.3 is 5.97 Å². The van der Waals surface area contributed by atoms with Crippen LogP contribution in [0.25, 0.3) is 0 Å². The number of nitrogens with zero attached hydrogens (tertiary/aromatic N) is 1. The Morgan fingerprint density at radius 2 is 2.29 bits per heavy atom. The Hall–Kier alpha value is -1.46. The average Bonchev–Trinajstić information content (AvgIpc) is 2.45. The van der Waals surface area contributed by atoms with Gasteiger partial charge in [0.1, 0.15) is 5.82 Å². The number of hydrogen-bond donors (Lipinski definition) is 1. The molecule has 0 radical (unpaired) electrons. The molecule has 0 spiro atoms. The fraction of sp³-hybridized carbons (Fsp3) is 0.562. The van der Waals surface area contributed by atoms with Gasteiger partial charge in [0.25, 0.3) is 0 Å². The molecule has 1 aliphatic rings. The van der Waals surface area contributed by atoms with E-state index in [4.69, 9.17) is 0 Å². The van der Waals surface area contributed by atoms with E-state index in [9.17, 15) is 9.18 Å². The van der Waals surface area contributed by atoms with Gasteiger partial charge < -0.3 is 15.0 Å². The fourth-order valence-electron chi connectivity index (χ4n) is 2.85. The van der Waals surface area contributed by atoms with Crippen molar-refractivity contribution in [3.63, 3.8) is 0 Å². The number of piperidine rings is 1. The maximum absolute atomic E-state index is 13.8. The Morgan fingerprint density at radius 3 is 2.90 bits per heavy atom. The van der Waals surface area contributed by atoms with Crippen LogP contribution >= 0.6 is 0 Å². The maximum atomic E-state index is 13.8. The predicted molar refractivity (Wildman–Crippen MR) is 79.6 cm³/mol. The van der Waals surface area contributed by atoms with Crippen molar-refractivity contribution in [2.45, 2.75) is 25.9 Å². The highest BCUT2D eigenvalue weighted by atomic mass is 19.1. The molecule has 1 aliphatic heterocycles. The van der Waals surface area contributed by atoms with Crippen LogP contribution in [0.5, 0.6) is 0 Å². The molecule has 0 bridgehead atoms. The van der Waals surface area contributed by atoms with Gasteiger partial charge in [-0.25, -0.2) is 9.18 Å². The van der Waals surface area contributed by atoms with Gasteiger partial charge in [0.15, 0.2) is 0 Å². The van der Waals surface area contributed by atoms with Crippen LogP contribution in [0.1, 0.15) is 29.3 Å². The van der Waals surface area contributed by atoms with Crippen LogP contribution in [0.15, 0.2) is 18.2 Å². The quantitative estimate of drug-likeness (QED) is 0.863. The molecule has 1 fully saturated rings. The molecule has 2 atom stereocenters. The summed E-state index contributed by atoms with van der Waals surface area (Å²) < 4.78 is 18.4. The van der Waals surface area contributed by atoms with Gasteiger partial charge in [-0.2, -0.15) is 0 Å². The molecule has 0 aliphatic carbocycles. The number of nitrogens with one attached hydrogen (secondary N) is 1. The first kappa shape index (κ1) is 15.9. The summed E-state index contributed by atoms with van der Waals surface area (Å²) in [5, 5.41) is 3.49. The number of carbonyl (C=O) groups is 1. The third kappa shape index (κ3) is 4.02. The Kier molecular flexibility index (Phi) is 5.31. The first-order chi connectivity index (χ1) is 10.0. The van der Waals surface area contributed by atoms with Crippen molar-refractivity contribution in [3.05, 3.63) is 35.1 Å². The molecule has 4 nitrogen and oxygen atoms in total. The first-order valence-electron chi connectivity index (χ1n) is 7.30. The molecular weight excluding hydrogens is 271 g/mol. The lowest BCUT2D eigenvalue weighted by Crippen LogP contribution is -2.46. The number of ether oxygens (including phenoxy) is 1. The van der Waals surface area contributed by atoms with Crippen molar-refractivity contribution >= 4 is 5.97 Å². The second kappa shape index (κ2) is 7.00. The molecule has 1 aromatic rings. The fourth-order valence-corrected chi connectivity index (χ4v) is 2.85. The Balaban J connectivity index is 1.95. The van der Waals surface area contributed by atoms with Gasteiger partial charge in [0, 0.05) is 19.1 Å². The minimum absolute atomic E-state index is 0.0195. The number of likely N-dealkylation sites (tertiary alicyclic amines) is 1. The van der Waals surface area contributed by atoms with Crippen LogP contribution in [0.2, 0.25) is 0 Å². The summed E-state index contributed by atoms with van der Waals surface area (Å²) in [7, 11) is 3.38. The summed E-state index contributed by atoms with van der Waals surface area (Å²) in [5.74, 6) is -0.600. The van der Waals surface area contributed by atoms with E-state index < -0.39 is 11.8 Å². The van der Waals surface area contributed by atoms with E-state index in [-0.39, 0.29) is 5.56 Å². The molecule has 0 saturated carbocycles. The number of rotatable bonds is 4. The second-order valence-corrected chi connectivity index (χ2v) is 5.82. The zero-order valence-electron chi connectivity index (χ0n) is 12.9. The van der Waals surface area contributed by atoms with Gasteiger partial charge in [-0.15, -0.1) is 0 Å². The van der Waals surface area contributed by atoms with Crippen molar-refractivity contribution in [1.82, 2.24) is 10.2 Å². The zero-order valence-corrected chi connectivity index (χ0v) is 12.9. The van der Waals surface area contributed by atoms with E-state index in [1.54, 1.807) is 6.07 Å². The SMILES string of the molecule is COC(=O)c1ccc(CNC2CCN(C)CC2C)cc1F. The number of carbonyl (C=O) groups excluding carboxylic acids is 1. The van der Waals surface area contributed by atoms with Crippen molar-refractivity contribution in [1.29, 1.82) is 0 Å². The van der Waals surface area contributed by atoms with Crippen molar-refractivity contribution in [3.8, 4) is 0 Å². The molecule has 5 heteroatoms. The molecule has 1 saturated heterocycles. The number of hydrogen-bond acceptors (Lipinski definition) is 4. The summed E-state index contributed by atoms with van der Waals surface area (Å²) in [6.07, 6.45) is 1.10. The smallest absolute Gasteiger partial charge is 0.340 e. The summed E-state index contributed by atoms with van der Waals surface area (Å²) >= 11 is 0. The van der Waals surface area contributed by atoms with E-state index in [1.165, 1.54) is 19.2 Å². The number of methoxy groups -OCH3 is 1. The Labute approximate surface area is 125 Å². The molecule has 0 aromatic heterocycles. The first-order valence-corrected chi connectivity index (χ1v) is 7.30. The topological polar surface area (TPSA) is 41.6 Å². The Morgan fingerprint density at radius 1 is 1.52 bits per heavy atom. The standard InChI is InChI=1S/C16H23FN2O2/c1-11-10-19(2)7-6-15(11)18-9-12-4-5-13(14(17)8-12)16(20)21-3/h4-5,8,11,15,18H,6-7,9-10H2,1-3H3. The van der Waals surface area contributed by atoms with Crippen LogP contribution in [0, 0.1) is 11.7 Å². The monoisotopic (exact) mass is 294 g/mol. The maximum Gasteiger partial charge on any atom is 0.340 e. The molecule has 2 rings (SSSR count). The zero-order chi connectivity index (χ0) is 15.4. The second-order valence-electron chi connectivity index (χ2n) is 5.82. The van der Waals surface area contributed by atoms with E-state index in [2.05, 4.69) is 28.9 Å². The van der Waals surface area contributed by atoms with Crippen molar-refractivity contribution < 1.29 is 13.9 Å². The highest BCUT2D eigenvalue weighted by molar-refractivity contribution is 5.89. The largest absolute Gasteiger partial charge is 0.465 e. The molecule has 116 valence electrons. The molecule has 21 heavy (non-hydrogen) atoms. The number of benzene rings is 1. The van der Waals surface area contributed by atoms with E-state index >= 15 is 0 Å². The van der Waals surface area contributed by atoms with E-state index in [1.807, 2.05) is 0 Å². The third-order valence-corrected chi connectivity index (χ3v) is 4.12. The summed E-state index contributed by atoms with van der Waals surface area (Å²) in [6, 6.07) is 5.10. The van der Waals surface area contributed by atoms with Crippen LogP contribution in [-0.4, -0.2) is 44.2 Å². The molecule has 0 amide bonds. The Bertz CT molecular complexity index is 507. The van der Waals surface area contributed by atoms with Crippen LogP contribution in [0.3, 0.4) is 0 Å². The van der Waals surface area contributed by atoms with Crippen LogP contribution < -0.4 is 5.32 Å². The average molecular weight is 294 g/mol. The van der Waals surface area contributed by atoms with Gasteiger partial charge in [-0.3, -0.25) is 0 Å². The summed E-state index contributed by atoms with van der Waals surface area (Å²) in [6.45, 7) is 5.00. The summed E-state index contributed by atoms with van der Waals surface area (Å²) in [4.78, 5) is 13.7. The van der Waals surface area contributed by atoms with E-state index in [0.29, 0.717) is 18.5 Å². The third-order valence-electron chi connectivity index (χ3n) is 4.12. The molecular formula is C16H23FN2O2. The predicted octanol–water partition coefficient (Wildman–Crippen LogP) is 2.04. The highest BCUT2D eigenvalue weighted by Gasteiger charge is 2.23. The number of esters is 1. The minimum atomic E-state index is -0.643. The van der Waals surface area contributed by atoms with Gasteiger partial charge in [0.05, 0.1) is 12.7 Å². The molecule has 1 N–H and O–H groups in total. The van der Waals surface area contributed by atoms with Crippen LogP contribution in [0.4, 0.5) is 4.39 Å². The minimum Gasteiger partial charge on any atom is -0.465 e. The van der Waals surface area contributed by atoms with Gasteiger partial charge in [0.2, 0.25) is 0 Å². The van der Waals surface area contributed by atoms with Crippen LogP contribution in [-0.2, 0) is 11.3 Å². The lowest BCUT2D eigenvalue weighted by Gasteiger charge is -2.35. The van der Waals surface area contributed by atoms with Crippen molar-refractivity contribution in [2.75, 3.05) is 27.2 Å². The van der Waals surface area contributed by atoms with E-state index in [0.717, 1.165) is 25.1 Å². The van der Waals surface area contributed by atoms with Crippen molar-refractivity contribution in [2.24, 2.45) is 5.92 Å².